The molecule has 0 aromatic heterocycles. The minimum absolute atomic E-state index is 0.352. The largest absolute Gasteiger partial charge is 0.328 e. The highest BCUT2D eigenvalue weighted by Gasteiger charge is 2.05. The molecule has 0 amide bonds. The monoisotopic (exact) mass is 253 g/mol. The van der Waals surface area contributed by atoms with Crippen LogP contribution in [-0.2, 0) is 6.42 Å². The average molecular weight is 254 g/mol. The summed E-state index contributed by atoms with van der Waals surface area (Å²) in [6.07, 6.45) is 5.56. The van der Waals surface area contributed by atoms with E-state index < -0.39 is 0 Å². The van der Waals surface area contributed by atoms with Gasteiger partial charge in [0, 0.05) is 11.1 Å². The lowest BCUT2D eigenvalue weighted by Crippen LogP contribution is -2.19. The van der Waals surface area contributed by atoms with Crippen LogP contribution in [0.3, 0.4) is 0 Å². The fourth-order valence-corrected chi connectivity index (χ4v) is 2.41. The Kier molecular flexibility index (Phi) is 6.01. The van der Waals surface area contributed by atoms with Crippen LogP contribution in [-0.4, -0.2) is 6.04 Å². The van der Waals surface area contributed by atoms with Gasteiger partial charge in [0.05, 0.1) is 0 Å². The van der Waals surface area contributed by atoms with E-state index in [-0.39, 0.29) is 0 Å². The first-order valence-electron chi connectivity index (χ1n) is 6.55. The molecule has 0 saturated carbocycles. The van der Waals surface area contributed by atoms with Crippen LogP contribution >= 0.6 is 11.6 Å². The maximum Gasteiger partial charge on any atom is 0.0440 e. The minimum atomic E-state index is 0.352. The molecule has 0 saturated heterocycles. The van der Waals surface area contributed by atoms with Gasteiger partial charge in [-0.2, -0.15) is 0 Å². The molecule has 1 atom stereocenters. The molecular formula is C15H24ClN. The Hall–Kier alpha value is -0.530. The number of rotatable bonds is 6. The van der Waals surface area contributed by atoms with E-state index in [1.165, 1.54) is 23.1 Å². The fourth-order valence-electron chi connectivity index (χ4n) is 2.10. The molecular weight excluding hydrogens is 230 g/mol. The third-order valence-electron chi connectivity index (χ3n) is 3.34. The maximum atomic E-state index is 6.25. The van der Waals surface area contributed by atoms with E-state index in [4.69, 9.17) is 17.3 Å². The predicted molar refractivity (Wildman–Crippen MR) is 76.7 cm³/mol. The zero-order valence-corrected chi connectivity index (χ0v) is 12.0. The van der Waals surface area contributed by atoms with Gasteiger partial charge in [-0.15, -0.1) is 0 Å². The summed E-state index contributed by atoms with van der Waals surface area (Å²) in [5.74, 6) is 0. The topological polar surface area (TPSA) is 26.0 Å². The van der Waals surface area contributed by atoms with Gasteiger partial charge in [-0.25, -0.2) is 0 Å². The molecule has 0 bridgehead atoms. The van der Waals surface area contributed by atoms with Crippen molar-refractivity contribution in [3.8, 4) is 0 Å². The Morgan fingerprint density at radius 2 is 1.82 bits per heavy atom. The SMILES string of the molecule is CCCC(N)CCCc1cc(C)c(C)cc1Cl. The zero-order chi connectivity index (χ0) is 12.8. The molecule has 1 rings (SSSR count). The third kappa shape index (κ3) is 4.69. The van der Waals surface area contributed by atoms with Gasteiger partial charge in [0.15, 0.2) is 0 Å². The first-order chi connectivity index (χ1) is 8.04. The molecule has 17 heavy (non-hydrogen) atoms. The van der Waals surface area contributed by atoms with Gasteiger partial charge in [-0.1, -0.05) is 31.0 Å². The standard InChI is InChI=1S/C15H24ClN/c1-4-6-14(17)8-5-7-13-9-11(2)12(3)10-15(13)16/h9-10,14H,4-8,17H2,1-3H3. The number of benzene rings is 1. The summed E-state index contributed by atoms with van der Waals surface area (Å²) < 4.78 is 0. The van der Waals surface area contributed by atoms with Crippen molar-refractivity contribution in [1.29, 1.82) is 0 Å². The van der Waals surface area contributed by atoms with Gasteiger partial charge in [0.2, 0.25) is 0 Å². The smallest absolute Gasteiger partial charge is 0.0440 e. The van der Waals surface area contributed by atoms with Crippen LogP contribution in [0, 0.1) is 13.8 Å². The van der Waals surface area contributed by atoms with Crippen molar-refractivity contribution in [1.82, 2.24) is 0 Å². The molecule has 96 valence electrons. The van der Waals surface area contributed by atoms with Gasteiger partial charge >= 0.3 is 0 Å². The van der Waals surface area contributed by atoms with Gasteiger partial charge in [-0.3, -0.25) is 0 Å². The second-order valence-corrected chi connectivity index (χ2v) is 5.38. The molecule has 0 aliphatic heterocycles. The molecule has 0 aliphatic carbocycles. The molecule has 2 N–H and O–H groups in total. The van der Waals surface area contributed by atoms with Gasteiger partial charge in [0.25, 0.3) is 0 Å². The van der Waals surface area contributed by atoms with Crippen LogP contribution < -0.4 is 5.73 Å². The first-order valence-corrected chi connectivity index (χ1v) is 6.93. The summed E-state index contributed by atoms with van der Waals surface area (Å²) in [6, 6.07) is 4.63. The number of nitrogens with two attached hydrogens (primary N) is 1. The number of halogens is 1. The maximum absolute atomic E-state index is 6.25. The lowest BCUT2D eigenvalue weighted by Gasteiger charge is -2.11. The van der Waals surface area contributed by atoms with Crippen LogP contribution in [0.2, 0.25) is 5.02 Å². The highest BCUT2D eigenvalue weighted by Crippen LogP contribution is 2.22. The third-order valence-corrected chi connectivity index (χ3v) is 3.70. The van der Waals surface area contributed by atoms with Gasteiger partial charge < -0.3 is 5.73 Å². The Morgan fingerprint density at radius 3 is 2.47 bits per heavy atom. The quantitative estimate of drug-likeness (QED) is 0.799. The Morgan fingerprint density at radius 1 is 1.18 bits per heavy atom. The summed E-state index contributed by atoms with van der Waals surface area (Å²) in [4.78, 5) is 0. The second-order valence-electron chi connectivity index (χ2n) is 4.97. The van der Waals surface area contributed by atoms with Crippen molar-refractivity contribution in [2.75, 3.05) is 0 Å². The average Bonchev–Trinajstić information content (AvgIpc) is 2.26. The minimum Gasteiger partial charge on any atom is -0.328 e. The number of hydrogen-bond donors (Lipinski definition) is 1. The highest BCUT2D eigenvalue weighted by atomic mass is 35.5. The molecule has 1 unspecified atom stereocenters. The van der Waals surface area contributed by atoms with Crippen molar-refractivity contribution in [3.05, 3.63) is 33.8 Å². The molecule has 0 radical (unpaired) electrons. The van der Waals surface area contributed by atoms with Crippen LogP contribution in [0.25, 0.3) is 0 Å². The van der Waals surface area contributed by atoms with Crippen molar-refractivity contribution in [2.45, 2.75) is 58.9 Å². The van der Waals surface area contributed by atoms with E-state index >= 15 is 0 Å². The summed E-state index contributed by atoms with van der Waals surface area (Å²) in [6.45, 7) is 6.42. The highest BCUT2D eigenvalue weighted by molar-refractivity contribution is 6.31. The number of aryl methyl sites for hydroxylation is 3. The van der Waals surface area contributed by atoms with E-state index in [2.05, 4.69) is 32.9 Å². The van der Waals surface area contributed by atoms with E-state index in [0.29, 0.717) is 6.04 Å². The normalized spacial score (nSPS) is 12.8. The van der Waals surface area contributed by atoms with Crippen LogP contribution in [0.5, 0.6) is 0 Å². The van der Waals surface area contributed by atoms with E-state index in [0.717, 1.165) is 30.7 Å². The van der Waals surface area contributed by atoms with Crippen molar-refractivity contribution in [3.63, 3.8) is 0 Å². The molecule has 1 aromatic carbocycles. The molecule has 2 heteroatoms. The Balaban J connectivity index is 2.49. The lowest BCUT2D eigenvalue weighted by molar-refractivity contribution is 0.539. The molecule has 0 aliphatic rings. The molecule has 0 spiro atoms. The van der Waals surface area contributed by atoms with Gasteiger partial charge in [0.1, 0.15) is 0 Å². The van der Waals surface area contributed by atoms with E-state index in [1.807, 2.05) is 0 Å². The molecule has 1 nitrogen and oxygen atoms in total. The predicted octanol–water partition coefficient (Wildman–Crippen LogP) is 4.41. The Labute approximate surface area is 110 Å². The molecule has 0 heterocycles. The van der Waals surface area contributed by atoms with Crippen molar-refractivity contribution in [2.24, 2.45) is 5.73 Å². The summed E-state index contributed by atoms with van der Waals surface area (Å²) in [7, 11) is 0. The van der Waals surface area contributed by atoms with Gasteiger partial charge in [-0.05, 0) is 62.3 Å². The summed E-state index contributed by atoms with van der Waals surface area (Å²) in [5.41, 5.74) is 9.86. The van der Waals surface area contributed by atoms with Crippen LogP contribution in [0.1, 0.15) is 49.3 Å². The summed E-state index contributed by atoms with van der Waals surface area (Å²) in [5, 5.41) is 0.900. The fraction of sp³-hybridized carbons (Fsp3) is 0.600. The second kappa shape index (κ2) is 7.03. The first kappa shape index (κ1) is 14.5. The molecule has 1 aromatic rings. The summed E-state index contributed by atoms with van der Waals surface area (Å²) >= 11 is 6.25. The van der Waals surface area contributed by atoms with Crippen LogP contribution in [0.15, 0.2) is 12.1 Å². The number of hydrogen-bond acceptors (Lipinski definition) is 1. The molecule has 0 fully saturated rings. The van der Waals surface area contributed by atoms with Crippen molar-refractivity contribution >= 4 is 11.6 Å². The van der Waals surface area contributed by atoms with Crippen molar-refractivity contribution < 1.29 is 0 Å². The van der Waals surface area contributed by atoms with E-state index in [1.54, 1.807) is 0 Å². The Bertz CT molecular complexity index is 360. The zero-order valence-electron chi connectivity index (χ0n) is 11.2. The van der Waals surface area contributed by atoms with E-state index in [9.17, 15) is 0 Å². The lowest BCUT2D eigenvalue weighted by atomic mass is 9.99. The van der Waals surface area contributed by atoms with Crippen LogP contribution in [0.4, 0.5) is 0 Å².